The maximum atomic E-state index is 13.1. The van der Waals surface area contributed by atoms with Crippen molar-refractivity contribution in [2.45, 2.75) is 24.5 Å². The fourth-order valence-corrected chi connectivity index (χ4v) is 2.72. The Hall–Kier alpha value is -1.88. The van der Waals surface area contributed by atoms with Gasteiger partial charge in [-0.1, -0.05) is 24.3 Å². The largest absolute Gasteiger partial charge is 0.351 e. The van der Waals surface area contributed by atoms with E-state index in [2.05, 4.69) is 5.32 Å². The third-order valence-corrected chi connectivity index (χ3v) is 4.35. The lowest BCUT2D eigenvalue weighted by atomic mass is 10.2. The van der Waals surface area contributed by atoms with Gasteiger partial charge >= 0.3 is 0 Å². The van der Waals surface area contributed by atoms with Crippen LogP contribution in [0.2, 0.25) is 0 Å². The zero-order valence-corrected chi connectivity index (χ0v) is 13.0. The average Bonchev–Trinajstić information content (AvgIpc) is 2.52. The van der Waals surface area contributed by atoms with Crippen LogP contribution in [0.25, 0.3) is 0 Å². The molecule has 22 heavy (non-hydrogen) atoms. The minimum Gasteiger partial charge on any atom is -0.351 e. The average molecular weight is 321 g/mol. The lowest BCUT2D eigenvalue weighted by Crippen LogP contribution is -2.30. The van der Waals surface area contributed by atoms with Gasteiger partial charge in [0.2, 0.25) is 5.91 Å². The van der Waals surface area contributed by atoms with Crippen LogP contribution in [0.1, 0.15) is 18.1 Å². The van der Waals surface area contributed by atoms with Crippen molar-refractivity contribution in [3.05, 3.63) is 71.3 Å². The third kappa shape index (κ3) is 5.15. The Kier molecular flexibility index (Phi) is 5.95. The molecular weight excluding hydrogens is 304 g/mol. The molecule has 0 bridgehead atoms. The zero-order chi connectivity index (χ0) is 15.9. The summed E-state index contributed by atoms with van der Waals surface area (Å²) < 4.78 is 25.9. The molecular formula is C17H17F2NOS. The molecule has 0 heterocycles. The number of benzene rings is 2. The Morgan fingerprint density at radius 3 is 2.50 bits per heavy atom. The van der Waals surface area contributed by atoms with E-state index in [1.807, 2.05) is 13.0 Å². The van der Waals surface area contributed by atoms with Crippen molar-refractivity contribution in [1.29, 1.82) is 0 Å². The molecule has 1 amide bonds. The molecule has 1 atom stereocenters. The Morgan fingerprint density at radius 1 is 1.09 bits per heavy atom. The van der Waals surface area contributed by atoms with Crippen LogP contribution in [0.5, 0.6) is 0 Å². The number of carbonyl (C=O) groups excluding carboxylic acids is 1. The predicted octanol–water partition coefficient (Wildman–Crippen LogP) is 3.90. The highest BCUT2D eigenvalue weighted by Crippen LogP contribution is 2.18. The molecule has 116 valence electrons. The fourth-order valence-electron chi connectivity index (χ4n) is 1.86. The van der Waals surface area contributed by atoms with E-state index in [1.54, 1.807) is 18.2 Å². The van der Waals surface area contributed by atoms with Crippen molar-refractivity contribution in [1.82, 2.24) is 5.32 Å². The third-order valence-electron chi connectivity index (χ3n) is 3.14. The van der Waals surface area contributed by atoms with Gasteiger partial charge in [-0.05, 0) is 42.3 Å². The van der Waals surface area contributed by atoms with Crippen molar-refractivity contribution in [3.63, 3.8) is 0 Å². The Bertz CT molecular complexity index is 631. The number of rotatable bonds is 6. The van der Waals surface area contributed by atoms with Gasteiger partial charge in [-0.3, -0.25) is 4.79 Å². The minimum atomic E-state index is -0.297. The van der Waals surface area contributed by atoms with Crippen molar-refractivity contribution >= 4 is 17.7 Å². The Morgan fingerprint density at radius 2 is 1.82 bits per heavy atom. The highest BCUT2D eigenvalue weighted by Gasteiger charge is 2.13. The standard InChI is InChI=1S/C17H17F2NOS/c1-12(22-11-14-3-2-4-16(19)9-14)17(21)20-10-13-5-7-15(18)8-6-13/h2-9,12H,10-11H2,1H3,(H,20,21). The summed E-state index contributed by atoms with van der Waals surface area (Å²) in [4.78, 5) is 12.0. The second-order valence-electron chi connectivity index (χ2n) is 4.93. The number of hydrogen-bond acceptors (Lipinski definition) is 2. The molecule has 2 aromatic carbocycles. The monoisotopic (exact) mass is 321 g/mol. The van der Waals surface area contributed by atoms with Gasteiger partial charge in [0, 0.05) is 12.3 Å². The maximum absolute atomic E-state index is 13.1. The molecule has 1 N–H and O–H groups in total. The molecule has 2 rings (SSSR count). The topological polar surface area (TPSA) is 29.1 Å². The lowest BCUT2D eigenvalue weighted by Gasteiger charge is -2.12. The van der Waals surface area contributed by atoms with Crippen LogP contribution in [-0.4, -0.2) is 11.2 Å². The molecule has 0 spiro atoms. The number of thioether (sulfide) groups is 1. The zero-order valence-electron chi connectivity index (χ0n) is 12.2. The van der Waals surface area contributed by atoms with E-state index in [-0.39, 0.29) is 22.8 Å². The minimum absolute atomic E-state index is 0.0919. The van der Waals surface area contributed by atoms with Crippen LogP contribution >= 0.6 is 11.8 Å². The lowest BCUT2D eigenvalue weighted by molar-refractivity contribution is -0.120. The Labute approximate surface area is 132 Å². The molecule has 5 heteroatoms. The summed E-state index contributed by atoms with van der Waals surface area (Å²) in [6, 6.07) is 12.4. The molecule has 0 radical (unpaired) electrons. The van der Waals surface area contributed by atoms with Gasteiger partial charge in [-0.2, -0.15) is 0 Å². The SMILES string of the molecule is CC(SCc1cccc(F)c1)C(=O)NCc1ccc(F)cc1. The second-order valence-corrected chi connectivity index (χ2v) is 6.26. The molecule has 0 aliphatic heterocycles. The highest BCUT2D eigenvalue weighted by molar-refractivity contribution is 7.99. The first-order chi connectivity index (χ1) is 10.5. The summed E-state index contributed by atoms with van der Waals surface area (Å²) in [6.45, 7) is 2.17. The van der Waals surface area contributed by atoms with E-state index >= 15 is 0 Å². The van der Waals surface area contributed by atoms with Crippen LogP contribution in [0.15, 0.2) is 48.5 Å². The van der Waals surface area contributed by atoms with Gasteiger partial charge in [0.25, 0.3) is 0 Å². The molecule has 2 nitrogen and oxygen atoms in total. The molecule has 0 aliphatic rings. The summed E-state index contributed by atoms with van der Waals surface area (Å²) in [6.07, 6.45) is 0. The van der Waals surface area contributed by atoms with Crippen LogP contribution in [0.4, 0.5) is 8.78 Å². The number of nitrogens with one attached hydrogen (secondary N) is 1. The molecule has 0 fully saturated rings. The fraction of sp³-hybridized carbons (Fsp3) is 0.235. The van der Waals surface area contributed by atoms with Crippen molar-refractivity contribution in [2.24, 2.45) is 0 Å². The maximum Gasteiger partial charge on any atom is 0.233 e. The second kappa shape index (κ2) is 7.94. The van der Waals surface area contributed by atoms with Gasteiger partial charge in [-0.15, -0.1) is 11.8 Å². The summed E-state index contributed by atoms with van der Waals surface area (Å²) in [5.41, 5.74) is 1.69. The first kappa shape index (κ1) is 16.5. The molecule has 0 saturated heterocycles. The summed E-state index contributed by atoms with van der Waals surface area (Å²) >= 11 is 1.45. The highest BCUT2D eigenvalue weighted by atomic mass is 32.2. The van der Waals surface area contributed by atoms with Gasteiger partial charge in [0.1, 0.15) is 11.6 Å². The smallest absolute Gasteiger partial charge is 0.233 e. The predicted molar refractivity (Wildman–Crippen MR) is 85.4 cm³/mol. The van der Waals surface area contributed by atoms with Crippen LogP contribution < -0.4 is 5.32 Å². The van der Waals surface area contributed by atoms with Crippen molar-refractivity contribution in [2.75, 3.05) is 0 Å². The van der Waals surface area contributed by atoms with Crippen LogP contribution in [0.3, 0.4) is 0 Å². The number of hydrogen-bond donors (Lipinski definition) is 1. The summed E-state index contributed by atoms with van der Waals surface area (Å²) in [5.74, 6) is -0.0885. The quantitative estimate of drug-likeness (QED) is 0.874. The first-order valence-electron chi connectivity index (χ1n) is 6.93. The van der Waals surface area contributed by atoms with E-state index in [0.29, 0.717) is 12.3 Å². The van der Waals surface area contributed by atoms with Crippen LogP contribution in [0, 0.1) is 11.6 Å². The van der Waals surface area contributed by atoms with Crippen LogP contribution in [-0.2, 0) is 17.1 Å². The molecule has 0 aromatic heterocycles. The molecule has 0 aliphatic carbocycles. The van der Waals surface area contributed by atoms with E-state index in [4.69, 9.17) is 0 Å². The summed E-state index contributed by atoms with van der Waals surface area (Å²) in [5, 5.41) is 2.56. The molecule has 1 unspecified atom stereocenters. The van der Waals surface area contributed by atoms with Crippen molar-refractivity contribution < 1.29 is 13.6 Å². The number of amides is 1. The van der Waals surface area contributed by atoms with E-state index in [9.17, 15) is 13.6 Å². The van der Waals surface area contributed by atoms with Crippen molar-refractivity contribution in [3.8, 4) is 0 Å². The van der Waals surface area contributed by atoms with E-state index in [0.717, 1.165) is 11.1 Å². The molecule has 2 aromatic rings. The Balaban J connectivity index is 1.78. The van der Waals surface area contributed by atoms with Gasteiger partial charge in [-0.25, -0.2) is 8.78 Å². The van der Waals surface area contributed by atoms with Gasteiger partial charge in [0.05, 0.1) is 5.25 Å². The van der Waals surface area contributed by atoms with E-state index < -0.39 is 0 Å². The summed E-state index contributed by atoms with van der Waals surface area (Å²) in [7, 11) is 0. The number of carbonyl (C=O) groups is 1. The van der Waals surface area contributed by atoms with Gasteiger partial charge in [0.15, 0.2) is 0 Å². The van der Waals surface area contributed by atoms with Gasteiger partial charge < -0.3 is 5.32 Å². The normalized spacial score (nSPS) is 12.0. The number of halogens is 2. The first-order valence-corrected chi connectivity index (χ1v) is 7.97. The molecule has 0 saturated carbocycles. The van der Waals surface area contributed by atoms with E-state index in [1.165, 1.54) is 36.0 Å².